The smallest absolute Gasteiger partial charge is 0.231 e. The molecule has 0 fully saturated rings. The Morgan fingerprint density at radius 1 is 0.739 bits per heavy atom. The number of nitrogens with zero attached hydrogens (tertiary/aromatic N) is 1. The van der Waals surface area contributed by atoms with Crippen molar-refractivity contribution in [3.05, 3.63) is 60.7 Å². The van der Waals surface area contributed by atoms with Gasteiger partial charge in [0, 0.05) is 10.8 Å². The van der Waals surface area contributed by atoms with E-state index in [2.05, 4.69) is 4.98 Å². The Bertz CT molecular complexity index is 1150. The topological polar surface area (TPSA) is 59.4 Å². The number of benzene rings is 3. The highest BCUT2D eigenvalue weighted by molar-refractivity contribution is 6.13. The summed E-state index contributed by atoms with van der Waals surface area (Å²) in [6.45, 7) is 0. The predicted octanol–water partition coefficient (Wildman–Crippen LogP) is 5.10. The fourth-order valence-corrected chi connectivity index (χ4v) is 3.00. The molecule has 1 N–H and O–H groups in total. The van der Waals surface area contributed by atoms with E-state index in [9.17, 15) is 5.11 Å². The van der Waals surface area contributed by atoms with Gasteiger partial charge >= 0.3 is 0 Å². The molecule has 0 bridgehead atoms. The van der Waals surface area contributed by atoms with E-state index >= 15 is 0 Å². The average Bonchev–Trinajstić information content (AvgIpc) is 3.15. The number of hydrogen-bond acceptors (Lipinski definition) is 4. The number of phenols is 1. The summed E-state index contributed by atoms with van der Waals surface area (Å²) in [5, 5.41) is 12.2. The number of furan rings is 1. The molecule has 0 atom stereocenters. The van der Waals surface area contributed by atoms with Crippen LogP contribution in [0.1, 0.15) is 0 Å². The number of aromatic nitrogens is 1. The number of oxazole rings is 1. The van der Waals surface area contributed by atoms with Crippen molar-refractivity contribution in [3.8, 4) is 17.2 Å². The number of fused-ring (bicyclic) bond motifs is 4. The van der Waals surface area contributed by atoms with Crippen LogP contribution in [-0.4, -0.2) is 10.1 Å². The van der Waals surface area contributed by atoms with Gasteiger partial charge in [-0.2, -0.15) is 0 Å². The van der Waals surface area contributed by atoms with Gasteiger partial charge in [-0.3, -0.25) is 0 Å². The van der Waals surface area contributed by atoms with Crippen LogP contribution in [0.2, 0.25) is 0 Å². The van der Waals surface area contributed by atoms with Crippen molar-refractivity contribution in [1.82, 2.24) is 4.98 Å². The molecule has 3 aromatic carbocycles. The zero-order chi connectivity index (χ0) is 15.4. The van der Waals surface area contributed by atoms with Crippen LogP contribution in [-0.2, 0) is 0 Å². The number of rotatable bonds is 1. The van der Waals surface area contributed by atoms with Gasteiger partial charge in [-0.1, -0.05) is 30.3 Å². The molecule has 0 saturated carbocycles. The molecule has 5 rings (SSSR count). The minimum Gasteiger partial charge on any atom is -0.507 e. The standard InChI is InChI=1S/C19H11NO3/c21-13-9-10-16-17(11-5-1-3-7-14(11)22-16)18(13)19-20-12-6-2-4-8-15(12)23-19/h1-10,21H. The summed E-state index contributed by atoms with van der Waals surface area (Å²) in [6, 6.07) is 18.6. The van der Waals surface area contributed by atoms with Crippen molar-refractivity contribution in [2.75, 3.05) is 0 Å². The summed E-state index contributed by atoms with van der Waals surface area (Å²) in [5.74, 6) is 0.511. The molecule has 2 aromatic heterocycles. The van der Waals surface area contributed by atoms with Crippen molar-refractivity contribution in [2.45, 2.75) is 0 Å². The maximum atomic E-state index is 10.4. The van der Waals surface area contributed by atoms with E-state index in [4.69, 9.17) is 8.83 Å². The molecule has 0 unspecified atom stereocenters. The first-order chi connectivity index (χ1) is 11.3. The van der Waals surface area contributed by atoms with Gasteiger partial charge in [0.1, 0.15) is 22.4 Å². The van der Waals surface area contributed by atoms with Crippen LogP contribution >= 0.6 is 0 Å². The molecule has 4 nitrogen and oxygen atoms in total. The molecule has 0 amide bonds. The van der Waals surface area contributed by atoms with Gasteiger partial charge in [-0.15, -0.1) is 0 Å². The van der Waals surface area contributed by atoms with Gasteiger partial charge in [0.2, 0.25) is 5.89 Å². The fourth-order valence-electron chi connectivity index (χ4n) is 3.00. The van der Waals surface area contributed by atoms with Gasteiger partial charge in [-0.25, -0.2) is 4.98 Å². The molecule has 0 radical (unpaired) electrons. The van der Waals surface area contributed by atoms with E-state index in [-0.39, 0.29) is 5.75 Å². The highest BCUT2D eigenvalue weighted by Gasteiger charge is 2.20. The third kappa shape index (κ3) is 1.69. The fraction of sp³-hybridized carbons (Fsp3) is 0. The molecule has 2 heterocycles. The first-order valence-electron chi connectivity index (χ1n) is 7.30. The Kier molecular flexibility index (Phi) is 2.33. The Morgan fingerprint density at radius 3 is 2.39 bits per heavy atom. The first-order valence-corrected chi connectivity index (χ1v) is 7.30. The average molecular weight is 301 g/mol. The molecule has 110 valence electrons. The van der Waals surface area contributed by atoms with Crippen molar-refractivity contribution in [1.29, 1.82) is 0 Å². The lowest BCUT2D eigenvalue weighted by Gasteiger charge is -2.01. The number of aromatic hydroxyl groups is 1. The predicted molar refractivity (Wildman–Crippen MR) is 88.4 cm³/mol. The minimum atomic E-state index is 0.121. The zero-order valence-electron chi connectivity index (χ0n) is 12.0. The monoisotopic (exact) mass is 301 g/mol. The van der Waals surface area contributed by atoms with Crippen molar-refractivity contribution < 1.29 is 13.9 Å². The molecule has 0 aliphatic carbocycles. The minimum absolute atomic E-state index is 0.121. The van der Waals surface area contributed by atoms with E-state index in [0.717, 1.165) is 21.9 Å². The van der Waals surface area contributed by atoms with Gasteiger partial charge < -0.3 is 13.9 Å². The maximum Gasteiger partial charge on any atom is 0.231 e. The molecular formula is C19H11NO3. The summed E-state index contributed by atoms with van der Waals surface area (Å²) in [5.41, 5.74) is 3.47. The summed E-state index contributed by atoms with van der Waals surface area (Å²) in [6.07, 6.45) is 0. The normalized spacial score (nSPS) is 11.7. The van der Waals surface area contributed by atoms with Crippen LogP contribution in [0.5, 0.6) is 5.75 Å². The molecule has 23 heavy (non-hydrogen) atoms. The zero-order valence-corrected chi connectivity index (χ0v) is 12.0. The third-order valence-corrected chi connectivity index (χ3v) is 4.03. The number of hydrogen-bond donors (Lipinski definition) is 1. The van der Waals surface area contributed by atoms with Gasteiger partial charge in [-0.05, 0) is 30.3 Å². The molecule has 0 aliphatic rings. The first kappa shape index (κ1) is 12.3. The second-order valence-electron chi connectivity index (χ2n) is 5.42. The second kappa shape index (κ2) is 4.36. The van der Waals surface area contributed by atoms with Crippen molar-refractivity contribution in [3.63, 3.8) is 0 Å². The Labute approximate surface area is 130 Å². The highest BCUT2D eigenvalue weighted by atomic mass is 16.4. The molecule has 0 saturated heterocycles. The Morgan fingerprint density at radius 2 is 1.52 bits per heavy atom. The van der Waals surface area contributed by atoms with Crippen LogP contribution in [0.4, 0.5) is 0 Å². The van der Waals surface area contributed by atoms with Crippen LogP contribution in [0.15, 0.2) is 69.5 Å². The second-order valence-corrected chi connectivity index (χ2v) is 5.42. The van der Waals surface area contributed by atoms with Crippen molar-refractivity contribution >= 4 is 33.0 Å². The van der Waals surface area contributed by atoms with Crippen LogP contribution in [0, 0.1) is 0 Å². The van der Waals surface area contributed by atoms with E-state index in [1.807, 2.05) is 48.5 Å². The Hall–Kier alpha value is -3.27. The number of phenolic OH excluding ortho intramolecular Hbond substituents is 1. The molecule has 0 spiro atoms. The SMILES string of the molecule is Oc1ccc2oc3ccccc3c2c1-c1nc2ccccc2o1. The van der Waals surface area contributed by atoms with Crippen LogP contribution in [0.3, 0.4) is 0 Å². The lowest BCUT2D eigenvalue weighted by molar-refractivity contribution is 0.474. The summed E-state index contributed by atoms with van der Waals surface area (Å²) in [4.78, 5) is 4.51. The molecular weight excluding hydrogens is 290 g/mol. The molecule has 0 aliphatic heterocycles. The number of para-hydroxylation sites is 3. The van der Waals surface area contributed by atoms with Crippen LogP contribution in [0.25, 0.3) is 44.5 Å². The van der Waals surface area contributed by atoms with E-state index < -0.39 is 0 Å². The largest absolute Gasteiger partial charge is 0.507 e. The van der Waals surface area contributed by atoms with E-state index in [1.54, 1.807) is 12.1 Å². The lowest BCUT2D eigenvalue weighted by atomic mass is 10.1. The van der Waals surface area contributed by atoms with E-state index in [0.29, 0.717) is 22.6 Å². The van der Waals surface area contributed by atoms with Gasteiger partial charge in [0.15, 0.2) is 5.58 Å². The Balaban J connectivity index is 1.94. The van der Waals surface area contributed by atoms with Gasteiger partial charge in [0.25, 0.3) is 0 Å². The summed E-state index contributed by atoms with van der Waals surface area (Å²) < 4.78 is 11.7. The summed E-state index contributed by atoms with van der Waals surface area (Å²) >= 11 is 0. The van der Waals surface area contributed by atoms with Crippen molar-refractivity contribution in [2.24, 2.45) is 0 Å². The molecule has 4 heteroatoms. The maximum absolute atomic E-state index is 10.4. The van der Waals surface area contributed by atoms with Gasteiger partial charge in [0.05, 0.1) is 5.56 Å². The summed E-state index contributed by atoms with van der Waals surface area (Å²) in [7, 11) is 0. The lowest BCUT2D eigenvalue weighted by Crippen LogP contribution is -1.81. The molecule has 5 aromatic rings. The van der Waals surface area contributed by atoms with Crippen LogP contribution < -0.4 is 0 Å². The highest BCUT2D eigenvalue weighted by Crippen LogP contribution is 2.41. The van der Waals surface area contributed by atoms with E-state index in [1.165, 1.54) is 0 Å². The quantitative estimate of drug-likeness (QED) is 0.468. The third-order valence-electron chi connectivity index (χ3n) is 4.03.